The molecule has 0 radical (unpaired) electrons. The van der Waals surface area contributed by atoms with Crippen molar-refractivity contribution in [3.8, 4) is 62.4 Å². The van der Waals surface area contributed by atoms with E-state index in [4.69, 9.17) is 15.0 Å². The lowest BCUT2D eigenvalue weighted by molar-refractivity contribution is 0.955. The molecule has 12 aromatic carbocycles. The normalized spacial score (nSPS) is 11.9. The quantitative estimate of drug-likeness (QED) is 0.160. The molecule has 0 bridgehead atoms. The average Bonchev–Trinajstić information content (AvgIpc) is 4.16. The van der Waals surface area contributed by atoms with E-state index in [-0.39, 0.29) is 0 Å². The van der Waals surface area contributed by atoms with Gasteiger partial charge in [-0.15, -0.1) is 0 Å². The lowest BCUT2D eigenvalue weighted by Gasteiger charge is -2.14. The molecule has 0 saturated carbocycles. The molecule has 16 aromatic rings. The molecular weight excluding hydrogens is 937 g/mol. The van der Waals surface area contributed by atoms with E-state index in [0.717, 1.165) is 87.9 Å². The number of hydrogen-bond donors (Lipinski definition) is 0. The van der Waals surface area contributed by atoms with E-state index in [1.54, 1.807) is 0 Å². The monoisotopic (exact) mass is 980 g/mol. The third-order valence-electron chi connectivity index (χ3n) is 15.7. The van der Waals surface area contributed by atoms with Crippen LogP contribution in [0.2, 0.25) is 0 Å². The Morgan fingerprint density at radius 2 is 0.649 bits per heavy atom. The maximum absolute atomic E-state index is 5.41. The molecule has 0 aliphatic heterocycles. The summed E-state index contributed by atoms with van der Waals surface area (Å²) in [7, 11) is 0. The number of benzene rings is 12. The highest BCUT2D eigenvalue weighted by Gasteiger charge is 2.24. The van der Waals surface area contributed by atoms with E-state index >= 15 is 0 Å². The Hall–Kier alpha value is -10.4. The van der Waals surface area contributed by atoms with Gasteiger partial charge < -0.3 is 9.13 Å². The molecule has 4 heterocycles. The lowest BCUT2D eigenvalue weighted by atomic mass is 9.98. The topological polar surface area (TPSA) is 53.5 Å². The molecule has 0 aliphatic rings. The van der Waals surface area contributed by atoms with E-state index in [2.05, 4.69) is 281 Å². The molecule has 0 atom stereocenters. The van der Waals surface area contributed by atoms with Crippen molar-refractivity contribution in [2.45, 2.75) is 0 Å². The molecular formula is C71H44N6. The first-order valence-electron chi connectivity index (χ1n) is 26.2. The first-order valence-corrected chi connectivity index (χ1v) is 26.2. The molecule has 358 valence electrons. The smallest absolute Gasteiger partial charge is 0.238 e. The molecule has 16 rings (SSSR count). The van der Waals surface area contributed by atoms with Crippen molar-refractivity contribution in [2.75, 3.05) is 0 Å². The van der Waals surface area contributed by atoms with Crippen molar-refractivity contribution in [1.82, 2.24) is 28.7 Å². The van der Waals surface area contributed by atoms with Crippen LogP contribution in [0.4, 0.5) is 0 Å². The summed E-state index contributed by atoms with van der Waals surface area (Å²) in [5, 5.41) is 11.5. The number of rotatable bonds is 7. The molecule has 0 aliphatic carbocycles. The largest absolute Gasteiger partial charge is 0.309 e. The van der Waals surface area contributed by atoms with Crippen LogP contribution in [-0.2, 0) is 0 Å². The van der Waals surface area contributed by atoms with Gasteiger partial charge in [0.2, 0.25) is 5.95 Å². The number of aromatic nitrogens is 6. The van der Waals surface area contributed by atoms with Crippen molar-refractivity contribution in [1.29, 1.82) is 0 Å². The van der Waals surface area contributed by atoms with Gasteiger partial charge >= 0.3 is 0 Å². The van der Waals surface area contributed by atoms with E-state index < -0.39 is 0 Å². The number of hydrogen-bond acceptors (Lipinski definition) is 3. The molecule has 0 saturated heterocycles. The highest BCUT2D eigenvalue weighted by atomic mass is 15.2. The van der Waals surface area contributed by atoms with Gasteiger partial charge in [-0.2, -0.15) is 9.97 Å². The Bertz CT molecular complexity index is 4880. The van der Waals surface area contributed by atoms with E-state index in [9.17, 15) is 0 Å². The molecule has 0 unspecified atom stereocenters. The molecule has 6 heteroatoms. The minimum atomic E-state index is 0.561. The maximum atomic E-state index is 5.41. The van der Waals surface area contributed by atoms with E-state index in [1.807, 2.05) is 0 Å². The van der Waals surface area contributed by atoms with Gasteiger partial charge in [-0.05, 0) is 111 Å². The predicted octanol–water partition coefficient (Wildman–Crippen LogP) is 18.1. The second-order valence-corrected chi connectivity index (χ2v) is 19.9. The van der Waals surface area contributed by atoms with Crippen LogP contribution in [0.15, 0.2) is 267 Å². The van der Waals surface area contributed by atoms with Gasteiger partial charge in [-0.1, -0.05) is 200 Å². The average molecular weight is 981 g/mol. The Balaban J connectivity index is 0.921. The summed E-state index contributed by atoms with van der Waals surface area (Å²) < 4.78 is 7.14. The summed E-state index contributed by atoms with van der Waals surface area (Å²) in [5.41, 5.74) is 15.4. The molecule has 0 N–H and O–H groups in total. The highest BCUT2D eigenvalue weighted by molar-refractivity contribution is 6.29. The Kier molecular flexibility index (Phi) is 9.53. The Morgan fingerprint density at radius 1 is 0.234 bits per heavy atom. The van der Waals surface area contributed by atoms with Gasteiger partial charge in [-0.25, -0.2) is 4.98 Å². The predicted molar refractivity (Wildman–Crippen MR) is 320 cm³/mol. The zero-order valence-electron chi connectivity index (χ0n) is 41.6. The second kappa shape index (κ2) is 17.1. The molecule has 6 nitrogen and oxygen atoms in total. The van der Waals surface area contributed by atoms with Crippen molar-refractivity contribution in [3.05, 3.63) is 267 Å². The summed E-state index contributed by atoms with van der Waals surface area (Å²) >= 11 is 0. The fourth-order valence-electron chi connectivity index (χ4n) is 12.3. The highest BCUT2D eigenvalue weighted by Crippen LogP contribution is 2.44. The van der Waals surface area contributed by atoms with Crippen LogP contribution >= 0.6 is 0 Å². The summed E-state index contributed by atoms with van der Waals surface area (Å²) in [5.74, 6) is 1.80. The third-order valence-corrected chi connectivity index (χ3v) is 15.7. The summed E-state index contributed by atoms with van der Waals surface area (Å²) in [4.78, 5) is 16.1. The Morgan fingerprint density at radius 3 is 1.19 bits per heavy atom. The molecule has 4 aromatic heterocycles. The third kappa shape index (κ3) is 6.72. The Labute approximate surface area is 442 Å². The van der Waals surface area contributed by atoms with Crippen LogP contribution in [0.25, 0.3) is 149 Å². The molecule has 0 fully saturated rings. The molecule has 77 heavy (non-hydrogen) atoms. The minimum absolute atomic E-state index is 0.561. The second-order valence-electron chi connectivity index (χ2n) is 19.9. The van der Waals surface area contributed by atoms with Gasteiger partial charge in [-0.3, -0.25) is 4.57 Å². The van der Waals surface area contributed by atoms with E-state index in [1.165, 1.54) is 43.8 Å². The number of para-hydroxylation sites is 3. The van der Waals surface area contributed by atoms with Gasteiger partial charge in [0.1, 0.15) is 0 Å². The van der Waals surface area contributed by atoms with Crippen molar-refractivity contribution in [3.63, 3.8) is 0 Å². The van der Waals surface area contributed by atoms with Crippen LogP contribution in [0.3, 0.4) is 0 Å². The fraction of sp³-hybridized carbons (Fsp3) is 0. The van der Waals surface area contributed by atoms with Gasteiger partial charge in [0.25, 0.3) is 0 Å². The molecule has 0 amide bonds. The van der Waals surface area contributed by atoms with Crippen molar-refractivity contribution < 1.29 is 0 Å². The summed E-state index contributed by atoms with van der Waals surface area (Å²) in [6.07, 6.45) is 0. The van der Waals surface area contributed by atoms with Gasteiger partial charge in [0, 0.05) is 54.8 Å². The zero-order valence-corrected chi connectivity index (χ0v) is 41.6. The fourth-order valence-corrected chi connectivity index (χ4v) is 12.3. The van der Waals surface area contributed by atoms with Crippen LogP contribution in [0.5, 0.6) is 0 Å². The van der Waals surface area contributed by atoms with Crippen molar-refractivity contribution in [2.24, 2.45) is 0 Å². The standard InChI is InChI=1S/C71H44N6/c1-3-19-45(20-4-1)49-41-50(46-21-5-2-6-22-46)43-52(42-49)76-63-36-16-13-31-59(63)68-66(76)40-39-65-67(68)58-30-12-15-35-62(58)75(65)51-37-38-64-60(44-51)55-29-11-14-34-61(55)77(64)71-73-69(56-32-17-25-47-23-7-9-27-53(47)56)72-70(74-71)57-33-18-26-48-24-8-10-28-54(48)57/h1-44H. The molecule has 0 spiro atoms. The van der Waals surface area contributed by atoms with Crippen molar-refractivity contribution >= 4 is 87.0 Å². The minimum Gasteiger partial charge on any atom is -0.309 e. The number of nitrogens with zero attached hydrogens (tertiary/aromatic N) is 6. The van der Waals surface area contributed by atoms with Gasteiger partial charge in [0.05, 0.1) is 33.1 Å². The summed E-state index contributed by atoms with van der Waals surface area (Å²) in [6.45, 7) is 0. The van der Waals surface area contributed by atoms with Crippen LogP contribution in [0, 0.1) is 0 Å². The van der Waals surface area contributed by atoms with Crippen LogP contribution in [-0.4, -0.2) is 28.7 Å². The lowest BCUT2D eigenvalue weighted by Crippen LogP contribution is -2.07. The number of fused-ring (bicyclic) bond motifs is 12. The first-order chi connectivity index (χ1) is 38.2. The van der Waals surface area contributed by atoms with Crippen LogP contribution < -0.4 is 0 Å². The zero-order chi connectivity index (χ0) is 50.6. The summed E-state index contributed by atoms with van der Waals surface area (Å²) in [6, 6.07) is 96.0. The van der Waals surface area contributed by atoms with Gasteiger partial charge in [0.15, 0.2) is 11.6 Å². The van der Waals surface area contributed by atoms with E-state index in [0.29, 0.717) is 17.6 Å². The SMILES string of the molecule is c1ccc(-c2cc(-c3ccccc3)cc(-n3c4ccccc4c4c5c6ccccc6n(-c6ccc7c(c6)c6ccccc6n7-c6nc(-c7cccc8ccccc78)nc(-c7cccc8ccccc78)n6)c5ccc43)c2)cc1. The van der Waals surface area contributed by atoms with Crippen LogP contribution in [0.1, 0.15) is 0 Å². The maximum Gasteiger partial charge on any atom is 0.238 e. The first kappa shape index (κ1) is 43.0.